The third-order valence-electron chi connectivity index (χ3n) is 3.45. The van der Waals surface area contributed by atoms with Gasteiger partial charge in [-0.25, -0.2) is 0 Å². The van der Waals surface area contributed by atoms with Gasteiger partial charge in [-0.1, -0.05) is 41.9 Å². The average Bonchev–Trinajstić information content (AvgIpc) is 2.47. The predicted octanol–water partition coefficient (Wildman–Crippen LogP) is 4.66. The Kier molecular flexibility index (Phi) is 4.94. The summed E-state index contributed by atoms with van der Waals surface area (Å²) < 4.78 is 0. The highest BCUT2D eigenvalue weighted by molar-refractivity contribution is 6.31. The molecule has 0 saturated carbocycles. The maximum absolute atomic E-state index is 10.8. The van der Waals surface area contributed by atoms with Crippen molar-refractivity contribution in [3.05, 3.63) is 74.8 Å². The molecule has 0 aliphatic heterocycles. The Morgan fingerprint density at radius 2 is 1.81 bits per heavy atom. The standard InChI is InChI=1S/C16H17ClN2O2/c1-11(13-6-5-7-14(10-13)19(20)21)18-12(2)15-8-3-4-9-16(15)17/h3-12,18H,1-2H3/t11?,12-/m0/s1. The molecule has 0 heterocycles. The van der Waals surface area contributed by atoms with E-state index in [2.05, 4.69) is 5.32 Å². The van der Waals surface area contributed by atoms with E-state index in [0.717, 1.165) is 11.1 Å². The monoisotopic (exact) mass is 304 g/mol. The number of rotatable bonds is 5. The molecule has 0 amide bonds. The van der Waals surface area contributed by atoms with Crippen LogP contribution >= 0.6 is 11.6 Å². The van der Waals surface area contributed by atoms with Gasteiger partial charge in [0.1, 0.15) is 0 Å². The van der Waals surface area contributed by atoms with Crippen molar-refractivity contribution in [2.45, 2.75) is 25.9 Å². The molecule has 0 fully saturated rings. The molecule has 1 N–H and O–H groups in total. The SMILES string of the molecule is CC(N[C@@H](C)c1ccccc1Cl)c1cccc([N+](=O)[O-])c1. The summed E-state index contributed by atoms with van der Waals surface area (Å²) in [6.07, 6.45) is 0. The molecule has 0 bridgehead atoms. The van der Waals surface area contributed by atoms with Crippen molar-refractivity contribution in [1.29, 1.82) is 0 Å². The molecule has 5 heteroatoms. The minimum atomic E-state index is -0.381. The average molecular weight is 305 g/mol. The van der Waals surface area contributed by atoms with Crippen LogP contribution in [0.5, 0.6) is 0 Å². The topological polar surface area (TPSA) is 55.2 Å². The number of hydrogen-bond donors (Lipinski definition) is 1. The minimum absolute atomic E-state index is 0.0174. The van der Waals surface area contributed by atoms with Crippen molar-refractivity contribution in [1.82, 2.24) is 5.32 Å². The van der Waals surface area contributed by atoms with E-state index in [-0.39, 0.29) is 22.7 Å². The van der Waals surface area contributed by atoms with Crippen LogP contribution in [-0.4, -0.2) is 4.92 Å². The van der Waals surface area contributed by atoms with Crippen LogP contribution in [0.2, 0.25) is 5.02 Å². The van der Waals surface area contributed by atoms with Crippen molar-refractivity contribution in [2.75, 3.05) is 0 Å². The van der Waals surface area contributed by atoms with Crippen molar-refractivity contribution in [2.24, 2.45) is 0 Å². The normalized spacial score (nSPS) is 13.7. The summed E-state index contributed by atoms with van der Waals surface area (Å²) in [6.45, 7) is 4.00. The second-order valence-electron chi connectivity index (χ2n) is 4.98. The van der Waals surface area contributed by atoms with Gasteiger partial charge in [0.25, 0.3) is 5.69 Å². The Morgan fingerprint density at radius 1 is 1.10 bits per heavy atom. The zero-order valence-electron chi connectivity index (χ0n) is 11.9. The molecular weight excluding hydrogens is 288 g/mol. The zero-order valence-corrected chi connectivity index (χ0v) is 12.7. The fraction of sp³-hybridized carbons (Fsp3) is 0.250. The van der Waals surface area contributed by atoms with Crippen LogP contribution in [0.25, 0.3) is 0 Å². The third kappa shape index (κ3) is 3.80. The number of nitrogens with zero attached hydrogens (tertiary/aromatic N) is 1. The summed E-state index contributed by atoms with van der Waals surface area (Å²) >= 11 is 6.19. The quantitative estimate of drug-likeness (QED) is 0.645. The predicted molar refractivity (Wildman–Crippen MR) is 84.5 cm³/mol. The molecule has 2 aromatic rings. The van der Waals surface area contributed by atoms with Crippen LogP contribution in [0, 0.1) is 10.1 Å². The molecular formula is C16H17ClN2O2. The van der Waals surface area contributed by atoms with E-state index in [4.69, 9.17) is 11.6 Å². The third-order valence-corrected chi connectivity index (χ3v) is 3.80. The number of nitro benzene ring substituents is 1. The van der Waals surface area contributed by atoms with E-state index in [1.807, 2.05) is 44.2 Å². The summed E-state index contributed by atoms with van der Waals surface area (Å²) in [5.41, 5.74) is 1.99. The smallest absolute Gasteiger partial charge is 0.269 e. The number of benzene rings is 2. The second kappa shape index (κ2) is 6.70. The molecule has 0 aromatic heterocycles. The molecule has 110 valence electrons. The second-order valence-corrected chi connectivity index (χ2v) is 5.39. The summed E-state index contributed by atoms with van der Waals surface area (Å²) in [6, 6.07) is 14.4. The van der Waals surface area contributed by atoms with Gasteiger partial charge in [0.2, 0.25) is 0 Å². The molecule has 2 rings (SSSR count). The number of hydrogen-bond acceptors (Lipinski definition) is 3. The fourth-order valence-corrected chi connectivity index (χ4v) is 2.59. The first-order chi connectivity index (χ1) is 9.99. The van der Waals surface area contributed by atoms with E-state index in [0.29, 0.717) is 5.02 Å². The molecule has 0 aliphatic carbocycles. The number of nitrogens with one attached hydrogen (secondary N) is 1. The van der Waals surface area contributed by atoms with Gasteiger partial charge in [0.05, 0.1) is 4.92 Å². The van der Waals surface area contributed by atoms with E-state index >= 15 is 0 Å². The van der Waals surface area contributed by atoms with Gasteiger partial charge in [0.15, 0.2) is 0 Å². The molecule has 0 aliphatic rings. The maximum Gasteiger partial charge on any atom is 0.269 e. The summed E-state index contributed by atoms with van der Waals surface area (Å²) in [5, 5.41) is 15.0. The van der Waals surface area contributed by atoms with Gasteiger partial charge in [0, 0.05) is 29.2 Å². The first-order valence-electron chi connectivity index (χ1n) is 6.74. The van der Waals surface area contributed by atoms with E-state index in [1.165, 1.54) is 6.07 Å². The zero-order chi connectivity index (χ0) is 15.4. The lowest BCUT2D eigenvalue weighted by Gasteiger charge is -2.21. The molecule has 2 aromatic carbocycles. The highest BCUT2D eigenvalue weighted by Gasteiger charge is 2.15. The number of non-ortho nitro benzene ring substituents is 1. The molecule has 2 atom stereocenters. The fourth-order valence-electron chi connectivity index (χ4n) is 2.29. The highest BCUT2D eigenvalue weighted by atomic mass is 35.5. The molecule has 1 unspecified atom stereocenters. The van der Waals surface area contributed by atoms with Crippen LogP contribution < -0.4 is 5.32 Å². The summed E-state index contributed by atoms with van der Waals surface area (Å²) in [4.78, 5) is 10.5. The van der Waals surface area contributed by atoms with Gasteiger partial charge >= 0.3 is 0 Å². The first-order valence-corrected chi connectivity index (χ1v) is 7.11. The van der Waals surface area contributed by atoms with Crippen molar-refractivity contribution in [3.8, 4) is 0 Å². The van der Waals surface area contributed by atoms with Crippen molar-refractivity contribution in [3.63, 3.8) is 0 Å². The van der Waals surface area contributed by atoms with Gasteiger partial charge < -0.3 is 5.32 Å². The van der Waals surface area contributed by atoms with E-state index in [1.54, 1.807) is 12.1 Å². The van der Waals surface area contributed by atoms with E-state index < -0.39 is 0 Å². The van der Waals surface area contributed by atoms with E-state index in [9.17, 15) is 10.1 Å². The highest BCUT2D eigenvalue weighted by Crippen LogP contribution is 2.26. The lowest BCUT2D eigenvalue weighted by Crippen LogP contribution is -2.22. The Morgan fingerprint density at radius 3 is 2.48 bits per heavy atom. The molecule has 0 radical (unpaired) electrons. The Hall–Kier alpha value is -1.91. The molecule has 0 saturated heterocycles. The van der Waals surface area contributed by atoms with Crippen LogP contribution in [0.4, 0.5) is 5.69 Å². The summed E-state index contributed by atoms with van der Waals surface area (Å²) in [7, 11) is 0. The van der Waals surface area contributed by atoms with Gasteiger partial charge in [-0.3, -0.25) is 10.1 Å². The molecule has 0 spiro atoms. The largest absolute Gasteiger partial charge is 0.304 e. The van der Waals surface area contributed by atoms with Crippen LogP contribution in [-0.2, 0) is 0 Å². The lowest BCUT2D eigenvalue weighted by atomic mass is 10.0. The van der Waals surface area contributed by atoms with Crippen LogP contribution in [0.15, 0.2) is 48.5 Å². The maximum atomic E-state index is 10.8. The Balaban J connectivity index is 2.14. The molecule has 4 nitrogen and oxygen atoms in total. The van der Waals surface area contributed by atoms with Crippen molar-refractivity contribution < 1.29 is 4.92 Å². The number of halogens is 1. The minimum Gasteiger partial charge on any atom is -0.304 e. The summed E-state index contributed by atoms with van der Waals surface area (Å²) in [5.74, 6) is 0. The van der Waals surface area contributed by atoms with Gasteiger partial charge in [-0.05, 0) is 31.0 Å². The Bertz CT molecular complexity index is 646. The molecule has 21 heavy (non-hydrogen) atoms. The van der Waals surface area contributed by atoms with Gasteiger partial charge in [-0.15, -0.1) is 0 Å². The first kappa shape index (κ1) is 15.5. The van der Waals surface area contributed by atoms with Crippen LogP contribution in [0.3, 0.4) is 0 Å². The van der Waals surface area contributed by atoms with Crippen LogP contribution in [0.1, 0.15) is 37.1 Å². The number of nitro groups is 1. The van der Waals surface area contributed by atoms with Crippen molar-refractivity contribution >= 4 is 17.3 Å². The Labute approximate surface area is 128 Å². The lowest BCUT2D eigenvalue weighted by molar-refractivity contribution is -0.384. The van der Waals surface area contributed by atoms with Gasteiger partial charge in [-0.2, -0.15) is 0 Å².